The number of hydrogen-bond donors (Lipinski definition) is 2. The lowest BCUT2D eigenvalue weighted by atomic mass is 9.83. The molecule has 2 aliphatic rings. The van der Waals surface area contributed by atoms with E-state index in [4.69, 9.17) is 5.41 Å². The average Bonchev–Trinajstić information content (AvgIpc) is 3.70. The molecule has 0 spiro atoms. The first-order chi connectivity index (χ1) is 26.1. The van der Waals surface area contributed by atoms with E-state index >= 15 is 0 Å². The molecule has 254 valence electrons. The monoisotopic (exact) mass is 681 g/mol. The first kappa shape index (κ1) is 32.2. The van der Waals surface area contributed by atoms with E-state index in [1.807, 2.05) is 31.2 Å². The number of fused-ring (bicyclic) bond motifs is 4. The van der Waals surface area contributed by atoms with Gasteiger partial charge in [0.2, 0.25) is 0 Å². The van der Waals surface area contributed by atoms with Crippen LogP contribution in [0.15, 0.2) is 177 Å². The molecule has 0 aliphatic heterocycles. The van der Waals surface area contributed by atoms with Gasteiger partial charge in [0.1, 0.15) is 0 Å². The molecule has 0 fully saturated rings. The number of nitrogens with zero attached hydrogens (tertiary/aromatic N) is 1. The van der Waals surface area contributed by atoms with Gasteiger partial charge in [0, 0.05) is 51.1 Å². The second-order valence-electron chi connectivity index (χ2n) is 13.8. The van der Waals surface area contributed by atoms with Gasteiger partial charge in [-0.25, -0.2) is 0 Å². The summed E-state index contributed by atoms with van der Waals surface area (Å²) in [6.07, 6.45) is 14.7. The Hall–Kier alpha value is -6.71. The highest BCUT2D eigenvalue weighted by atomic mass is 15.0. The molecule has 1 heterocycles. The fourth-order valence-corrected chi connectivity index (χ4v) is 8.38. The fourth-order valence-electron chi connectivity index (χ4n) is 8.38. The second kappa shape index (κ2) is 13.1. The lowest BCUT2D eigenvalue weighted by Gasteiger charge is -2.26. The van der Waals surface area contributed by atoms with Crippen molar-refractivity contribution >= 4 is 61.3 Å². The Morgan fingerprint density at radius 2 is 1.51 bits per heavy atom. The Kier molecular flexibility index (Phi) is 7.97. The number of aromatic nitrogens is 1. The van der Waals surface area contributed by atoms with Crippen LogP contribution >= 0.6 is 0 Å². The predicted molar refractivity (Wildman–Crippen MR) is 228 cm³/mol. The number of para-hydroxylation sites is 1. The highest BCUT2D eigenvalue weighted by Gasteiger charge is 2.34. The molecule has 3 heteroatoms. The van der Waals surface area contributed by atoms with Crippen LogP contribution in [0.3, 0.4) is 0 Å². The summed E-state index contributed by atoms with van der Waals surface area (Å²) in [6, 6.07) is 43.9. The first-order valence-electron chi connectivity index (χ1n) is 18.2. The third kappa shape index (κ3) is 5.32. The van der Waals surface area contributed by atoms with Gasteiger partial charge in [0.25, 0.3) is 0 Å². The van der Waals surface area contributed by atoms with Gasteiger partial charge in [-0.15, -0.1) is 0 Å². The van der Waals surface area contributed by atoms with Gasteiger partial charge in [-0.2, -0.15) is 0 Å². The molecule has 0 bridgehead atoms. The van der Waals surface area contributed by atoms with Crippen LogP contribution in [0.5, 0.6) is 0 Å². The molecule has 0 radical (unpaired) electrons. The summed E-state index contributed by atoms with van der Waals surface area (Å²) < 4.78 is 2.38. The summed E-state index contributed by atoms with van der Waals surface area (Å²) in [5.41, 5.74) is 15.6. The number of hydrogen-bond acceptors (Lipinski definition) is 2. The SMILES string of the molecule is C=CC1=C(C=N)C2CC=C(Nc3ccc(-c4ccc5c(c4)c4cc6ccccc6cc4n5-c4ccccc4)cc3C(=C)/C=C\C=C/C)c3cccc1c32. The maximum absolute atomic E-state index is 8.17. The standard InChI is InChI=1S/C50H39N3/c1-4-6-8-14-32(3)42-27-35(21-24-47(42)52-46-25-23-40-45(31-51)38(5-2)39-19-13-20-41(46)50(39)40)36-22-26-48-43(29-36)44-28-33-15-11-12-16-34(33)30-49(44)53(48)37-17-9-7-10-18-37/h4-22,24-31,40,51-52H,2-3,23H2,1H3/b6-4-,14-8-,51-31?. The quantitative estimate of drug-likeness (QED) is 0.116. The summed E-state index contributed by atoms with van der Waals surface area (Å²) in [6.45, 7) is 10.6. The van der Waals surface area contributed by atoms with Crippen LogP contribution in [-0.2, 0) is 0 Å². The average molecular weight is 682 g/mol. The van der Waals surface area contributed by atoms with Gasteiger partial charge in [0.05, 0.1) is 11.0 Å². The minimum absolute atomic E-state index is 0.179. The Morgan fingerprint density at radius 1 is 0.774 bits per heavy atom. The van der Waals surface area contributed by atoms with Crippen molar-refractivity contribution in [2.24, 2.45) is 0 Å². The lowest BCUT2D eigenvalue weighted by molar-refractivity contribution is 0.842. The van der Waals surface area contributed by atoms with Gasteiger partial charge in [-0.3, -0.25) is 0 Å². The van der Waals surface area contributed by atoms with Crippen LogP contribution in [0, 0.1) is 5.41 Å². The number of anilines is 1. The van der Waals surface area contributed by atoms with E-state index < -0.39 is 0 Å². The molecule has 3 nitrogen and oxygen atoms in total. The van der Waals surface area contributed by atoms with E-state index in [9.17, 15) is 0 Å². The minimum atomic E-state index is 0.179. The second-order valence-corrected chi connectivity index (χ2v) is 13.8. The van der Waals surface area contributed by atoms with Gasteiger partial charge >= 0.3 is 0 Å². The summed E-state index contributed by atoms with van der Waals surface area (Å²) in [7, 11) is 0. The van der Waals surface area contributed by atoms with Crippen molar-refractivity contribution in [1.82, 2.24) is 4.57 Å². The third-order valence-electron chi connectivity index (χ3n) is 10.9. The summed E-state index contributed by atoms with van der Waals surface area (Å²) in [4.78, 5) is 0. The molecular formula is C50H39N3. The van der Waals surface area contributed by atoms with Crippen molar-refractivity contribution in [1.29, 1.82) is 5.41 Å². The molecule has 0 saturated heterocycles. The van der Waals surface area contributed by atoms with Crippen LogP contribution in [0.4, 0.5) is 5.69 Å². The van der Waals surface area contributed by atoms with Crippen molar-refractivity contribution in [3.8, 4) is 16.8 Å². The van der Waals surface area contributed by atoms with E-state index in [0.717, 1.165) is 56.9 Å². The van der Waals surface area contributed by atoms with E-state index in [0.29, 0.717) is 0 Å². The fraction of sp³-hybridized carbons (Fsp3) is 0.0600. The Morgan fingerprint density at radius 3 is 2.30 bits per heavy atom. The van der Waals surface area contributed by atoms with Gasteiger partial charge < -0.3 is 15.3 Å². The zero-order chi connectivity index (χ0) is 36.1. The highest BCUT2D eigenvalue weighted by molar-refractivity contribution is 6.14. The van der Waals surface area contributed by atoms with Gasteiger partial charge in [0.15, 0.2) is 0 Å². The predicted octanol–water partition coefficient (Wildman–Crippen LogP) is 13.3. The number of rotatable bonds is 9. The largest absolute Gasteiger partial charge is 0.355 e. The topological polar surface area (TPSA) is 40.8 Å². The summed E-state index contributed by atoms with van der Waals surface area (Å²) >= 11 is 0. The Bertz CT molecular complexity index is 2780. The highest BCUT2D eigenvalue weighted by Crippen LogP contribution is 2.50. The van der Waals surface area contributed by atoms with Crippen molar-refractivity contribution in [3.63, 3.8) is 0 Å². The number of allylic oxidation sites excluding steroid dienone is 9. The third-order valence-corrected chi connectivity index (χ3v) is 10.9. The number of benzene rings is 6. The van der Waals surface area contributed by atoms with Crippen molar-refractivity contribution in [3.05, 3.63) is 199 Å². The van der Waals surface area contributed by atoms with Crippen LogP contribution < -0.4 is 5.32 Å². The van der Waals surface area contributed by atoms with Crippen LogP contribution in [0.25, 0.3) is 66.2 Å². The minimum Gasteiger partial charge on any atom is -0.355 e. The van der Waals surface area contributed by atoms with Crippen LogP contribution in [-0.4, -0.2) is 10.8 Å². The van der Waals surface area contributed by atoms with Crippen molar-refractivity contribution < 1.29 is 0 Å². The van der Waals surface area contributed by atoms with Gasteiger partial charge in [-0.05, 0) is 112 Å². The number of nitrogens with one attached hydrogen (secondary N) is 2. The zero-order valence-electron chi connectivity index (χ0n) is 29.7. The van der Waals surface area contributed by atoms with E-state index in [2.05, 4.69) is 157 Å². The molecule has 6 aromatic carbocycles. The molecule has 7 aromatic rings. The smallest absolute Gasteiger partial charge is 0.0547 e. The molecule has 9 rings (SSSR count). The molecule has 2 aliphatic carbocycles. The maximum Gasteiger partial charge on any atom is 0.0547 e. The zero-order valence-corrected chi connectivity index (χ0v) is 29.7. The summed E-state index contributed by atoms with van der Waals surface area (Å²) in [5.74, 6) is 0.179. The van der Waals surface area contributed by atoms with E-state index in [1.165, 1.54) is 55.5 Å². The Balaban J connectivity index is 1.16. The molecule has 1 atom stereocenters. The van der Waals surface area contributed by atoms with Crippen molar-refractivity contribution in [2.45, 2.75) is 19.3 Å². The van der Waals surface area contributed by atoms with Crippen molar-refractivity contribution in [2.75, 3.05) is 5.32 Å². The van der Waals surface area contributed by atoms with E-state index in [-0.39, 0.29) is 5.92 Å². The normalized spacial score (nSPS) is 15.1. The molecule has 1 aromatic heterocycles. The maximum atomic E-state index is 8.17. The van der Waals surface area contributed by atoms with E-state index in [1.54, 1.807) is 0 Å². The molecule has 1 unspecified atom stereocenters. The lowest BCUT2D eigenvalue weighted by Crippen LogP contribution is -2.12. The van der Waals surface area contributed by atoms with Gasteiger partial charge in [-0.1, -0.05) is 122 Å². The molecule has 0 amide bonds. The first-order valence-corrected chi connectivity index (χ1v) is 18.2. The summed E-state index contributed by atoms with van der Waals surface area (Å²) in [5, 5.41) is 16.9. The molecular weight excluding hydrogens is 643 g/mol. The molecule has 0 saturated carbocycles. The van der Waals surface area contributed by atoms with Crippen LogP contribution in [0.2, 0.25) is 0 Å². The Labute approximate surface area is 310 Å². The van der Waals surface area contributed by atoms with Crippen LogP contribution in [0.1, 0.15) is 41.5 Å². The molecule has 53 heavy (non-hydrogen) atoms. The molecule has 2 N–H and O–H groups in total.